The van der Waals surface area contributed by atoms with Gasteiger partial charge in [-0.2, -0.15) is 0 Å². The zero-order valence-corrected chi connectivity index (χ0v) is 9.23. The fraction of sp³-hybridized carbons (Fsp3) is 1.00. The molecule has 76 valence electrons. The summed E-state index contributed by atoms with van der Waals surface area (Å²) >= 11 is 0. The van der Waals surface area contributed by atoms with Crippen LogP contribution < -0.4 is 0 Å². The van der Waals surface area contributed by atoms with Gasteiger partial charge in [-0.25, -0.2) is 0 Å². The molecule has 0 atom stereocenters. The zero-order chi connectivity index (χ0) is 9.53. The quantitative estimate of drug-likeness (QED) is 0.605. The highest BCUT2D eigenvalue weighted by Crippen LogP contribution is 2.62. The van der Waals surface area contributed by atoms with Crippen molar-refractivity contribution in [1.29, 1.82) is 0 Å². The minimum absolute atomic E-state index is 0.636. The van der Waals surface area contributed by atoms with Crippen LogP contribution >= 0.6 is 0 Å². The molecule has 1 saturated carbocycles. The Morgan fingerprint density at radius 3 is 2.08 bits per heavy atom. The van der Waals surface area contributed by atoms with E-state index in [0.29, 0.717) is 10.8 Å². The molecule has 0 N–H and O–H groups in total. The molecule has 1 aliphatic carbocycles. The predicted molar refractivity (Wildman–Crippen MR) is 54.7 cm³/mol. The molecule has 0 amide bonds. The molecule has 1 nitrogen and oxygen atoms in total. The molecule has 0 bridgehead atoms. The summed E-state index contributed by atoms with van der Waals surface area (Å²) < 4.78 is 5.43. The summed E-state index contributed by atoms with van der Waals surface area (Å²) in [5.41, 5.74) is 1.33. The largest absolute Gasteiger partial charge is 0.381 e. The van der Waals surface area contributed by atoms with Gasteiger partial charge in [0, 0.05) is 13.2 Å². The van der Waals surface area contributed by atoms with E-state index in [1.54, 1.807) is 0 Å². The highest BCUT2D eigenvalue weighted by molar-refractivity contribution is 5.02. The van der Waals surface area contributed by atoms with Crippen LogP contribution in [-0.4, -0.2) is 13.2 Å². The molecular formula is C12H22O. The fourth-order valence-electron chi connectivity index (χ4n) is 3.23. The second kappa shape index (κ2) is 2.98. The van der Waals surface area contributed by atoms with Crippen molar-refractivity contribution in [2.24, 2.45) is 16.7 Å². The Kier molecular flexibility index (Phi) is 2.18. The first-order valence-corrected chi connectivity index (χ1v) is 5.64. The maximum Gasteiger partial charge on any atom is 0.0471 e. The number of hydrogen-bond donors (Lipinski definition) is 0. The topological polar surface area (TPSA) is 9.23 Å². The zero-order valence-electron chi connectivity index (χ0n) is 9.23. The summed E-state index contributed by atoms with van der Waals surface area (Å²) in [6, 6.07) is 0. The third-order valence-corrected chi connectivity index (χ3v) is 4.50. The van der Waals surface area contributed by atoms with Gasteiger partial charge in [-0.3, -0.25) is 0 Å². The molecule has 0 aromatic carbocycles. The summed E-state index contributed by atoms with van der Waals surface area (Å²) in [6.07, 6.45) is 5.52. The molecule has 1 aliphatic heterocycles. The molecule has 0 aromatic heterocycles. The fourth-order valence-corrected chi connectivity index (χ4v) is 3.23. The van der Waals surface area contributed by atoms with Gasteiger partial charge in [-0.15, -0.1) is 0 Å². The second-order valence-electron chi connectivity index (χ2n) is 5.77. The van der Waals surface area contributed by atoms with Crippen molar-refractivity contribution in [3.63, 3.8) is 0 Å². The Bertz CT molecular complexity index is 181. The van der Waals surface area contributed by atoms with Crippen LogP contribution in [0.2, 0.25) is 0 Å². The monoisotopic (exact) mass is 182 g/mol. The van der Waals surface area contributed by atoms with Crippen LogP contribution in [0, 0.1) is 16.7 Å². The van der Waals surface area contributed by atoms with E-state index in [4.69, 9.17) is 4.74 Å². The molecule has 0 unspecified atom stereocenters. The van der Waals surface area contributed by atoms with Crippen LogP contribution in [-0.2, 0) is 4.74 Å². The van der Waals surface area contributed by atoms with E-state index in [1.807, 2.05) is 0 Å². The molecule has 1 heteroatoms. The summed E-state index contributed by atoms with van der Waals surface area (Å²) in [6.45, 7) is 9.21. The van der Waals surface area contributed by atoms with Crippen molar-refractivity contribution in [3.8, 4) is 0 Å². The first-order valence-electron chi connectivity index (χ1n) is 5.64. The SMILES string of the molecule is CC(C)C1(C)CC2(CCOCC2)C1. The average Bonchev–Trinajstić information content (AvgIpc) is 2.03. The first kappa shape index (κ1) is 9.51. The van der Waals surface area contributed by atoms with Crippen molar-refractivity contribution in [2.45, 2.75) is 46.5 Å². The lowest BCUT2D eigenvalue weighted by molar-refractivity contribution is -0.119. The van der Waals surface area contributed by atoms with Crippen molar-refractivity contribution in [3.05, 3.63) is 0 Å². The summed E-state index contributed by atoms with van der Waals surface area (Å²) in [5, 5.41) is 0. The van der Waals surface area contributed by atoms with Crippen LogP contribution in [0.15, 0.2) is 0 Å². The molecule has 2 aliphatic rings. The van der Waals surface area contributed by atoms with E-state index in [1.165, 1.54) is 25.7 Å². The minimum atomic E-state index is 0.636. The van der Waals surface area contributed by atoms with E-state index < -0.39 is 0 Å². The highest BCUT2D eigenvalue weighted by atomic mass is 16.5. The van der Waals surface area contributed by atoms with Gasteiger partial charge < -0.3 is 4.74 Å². The third-order valence-electron chi connectivity index (χ3n) is 4.50. The van der Waals surface area contributed by atoms with Crippen molar-refractivity contribution in [2.75, 3.05) is 13.2 Å². The van der Waals surface area contributed by atoms with E-state index in [9.17, 15) is 0 Å². The summed E-state index contributed by atoms with van der Waals surface area (Å²) in [4.78, 5) is 0. The van der Waals surface area contributed by atoms with E-state index in [-0.39, 0.29) is 0 Å². The maximum absolute atomic E-state index is 5.43. The number of hydrogen-bond acceptors (Lipinski definition) is 1. The molecular weight excluding hydrogens is 160 g/mol. The van der Waals surface area contributed by atoms with Gasteiger partial charge in [0.15, 0.2) is 0 Å². The Labute approximate surface area is 81.9 Å². The average molecular weight is 182 g/mol. The van der Waals surface area contributed by atoms with E-state index in [0.717, 1.165) is 19.1 Å². The standard InChI is InChI=1S/C12H22O/c1-10(2)11(3)8-12(9-11)4-6-13-7-5-12/h10H,4-9H2,1-3H3. The number of ether oxygens (including phenoxy) is 1. The lowest BCUT2D eigenvalue weighted by Crippen LogP contribution is -2.50. The molecule has 13 heavy (non-hydrogen) atoms. The molecule has 1 saturated heterocycles. The first-order chi connectivity index (χ1) is 6.06. The second-order valence-corrected chi connectivity index (χ2v) is 5.77. The predicted octanol–water partition coefficient (Wildman–Crippen LogP) is 3.24. The minimum Gasteiger partial charge on any atom is -0.381 e. The summed E-state index contributed by atoms with van der Waals surface area (Å²) in [7, 11) is 0. The Hall–Kier alpha value is -0.0400. The van der Waals surface area contributed by atoms with Crippen LogP contribution in [0.3, 0.4) is 0 Å². The lowest BCUT2D eigenvalue weighted by Gasteiger charge is -2.58. The van der Waals surface area contributed by atoms with Crippen molar-refractivity contribution < 1.29 is 4.74 Å². The smallest absolute Gasteiger partial charge is 0.0471 e. The molecule has 2 rings (SSSR count). The van der Waals surface area contributed by atoms with E-state index in [2.05, 4.69) is 20.8 Å². The normalized spacial score (nSPS) is 30.5. The van der Waals surface area contributed by atoms with Crippen LogP contribution in [0.25, 0.3) is 0 Å². The third kappa shape index (κ3) is 1.52. The Balaban J connectivity index is 1.94. The van der Waals surface area contributed by atoms with Gasteiger partial charge in [0.05, 0.1) is 0 Å². The van der Waals surface area contributed by atoms with Crippen LogP contribution in [0.5, 0.6) is 0 Å². The summed E-state index contributed by atoms with van der Waals surface area (Å²) in [5.74, 6) is 0.848. The Morgan fingerprint density at radius 2 is 1.62 bits per heavy atom. The van der Waals surface area contributed by atoms with Crippen molar-refractivity contribution in [1.82, 2.24) is 0 Å². The maximum atomic E-state index is 5.43. The van der Waals surface area contributed by atoms with Gasteiger partial charge >= 0.3 is 0 Å². The van der Waals surface area contributed by atoms with Gasteiger partial charge in [0.2, 0.25) is 0 Å². The van der Waals surface area contributed by atoms with Gasteiger partial charge in [-0.1, -0.05) is 20.8 Å². The van der Waals surface area contributed by atoms with Crippen molar-refractivity contribution >= 4 is 0 Å². The molecule has 2 fully saturated rings. The van der Waals surface area contributed by atoms with Gasteiger partial charge in [0.25, 0.3) is 0 Å². The highest BCUT2D eigenvalue weighted by Gasteiger charge is 2.52. The van der Waals surface area contributed by atoms with Gasteiger partial charge in [0.1, 0.15) is 0 Å². The molecule has 1 heterocycles. The molecule has 0 radical (unpaired) electrons. The lowest BCUT2D eigenvalue weighted by atomic mass is 9.47. The Morgan fingerprint density at radius 1 is 1.08 bits per heavy atom. The molecule has 1 spiro atoms. The van der Waals surface area contributed by atoms with Gasteiger partial charge in [-0.05, 0) is 42.4 Å². The van der Waals surface area contributed by atoms with E-state index >= 15 is 0 Å². The number of rotatable bonds is 1. The van der Waals surface area contributed by atoms with Crippen LogP contribution in [0.4, 0.5) is 0 Å². The van der Waals surface area contributed by atoms with Crippen LogP contribution in [0.1, 0.15) is 46.5 Å². The molecule has 0 aromatic rings.